The molecule has 1 N–H and O–H groups in total. The molecule has 0 unspecified atom stereocenters. The molecule has 136 valence electrons. The van der Waals surface area contributed by atoms with Crippen molar-refractivity contribution >= 4 is 17.8 Å². The number of hydrogen-bond donors (Lipinski definition) is 1. The maximum absolute atomic E-state index is 12.8. The summed E-state index contributed by atoms with van der Waals surface area (Å²) in [4.78, 5) is 39.7. The van der Waals surface area contributed by atoms with Crippen LogP contribution in [0.5, 0.6) is 0 Å². The minimum absolute atomic E-state index is 0.258. The number of urea groups is 1. The zero-order valence-corrected chi connectivity index (χ0v) is 14.8. The van der Waals surface area contributed by atoms with Gasteiger partial charge in [-0.15, -0.1) is 0 Å². The fraction of sp³-hybridized carbons (Fsp3) is 0.316. The molecular weight excluding hydrogens is 334 g/mol. The molecule has 7 heteroatoms. The van der Waals surface area contributed by atoms with Crippen LogP contribution in [-0.4, -0.2) is 39.7 Å². The number of rotatable bonds is 6. The van der Waals surface area contributed by atoms with Gasteiger partial charge in [-0.1, -0.05) is 30.3 Å². The first-order chi connectivity index (χ1) is 12.4. The Morgan fingerprint density at radius 1 is 1.12 bits per heavy atom. The number of imide groups is 1. The molecule has 1 aromatic heterocycles. The summed E-state index contributed by atoms with van der Waals surface area (Å²) in [6, 6.07) is 12.5. The molecule has 2 aromatic rings. The highest BCUT2D eigenvalue weighted by molar-refractivity contribution is 6.08. The molecule has 2 heterocycles. The van der Waals surface area contributed by atoms with Crippen molar-refractivity contribution < 1.29 is 18.8 Å². The average Bonchev–Trinajstić information content (AvgIpc) is 3.17. The van der Waals surface area contributed by atoms with Gasteiger partial charge in [-0.2, -0.15) is 0 Å². The first kappa shape index (κ1) is 17.7. The summed E-state index contributed by atoms with van der Waals surface area (Å²) in [5, 5.41) is 2.58. The van der Waals surface area contributed by atoms with Gasteiger partial charge in [-0.25, -0.2) is 4.79 Å². The summed E-state index contributed by atoms with van der Waals surface area (Å²) >= 11 is 0. The van der Waals surface area contributed by atoms with Gasteiger partial charge in [0.25, 0.3) is 5.91 Å². The number of furan rings is 1. The zero-order valence-electron chi connectivity index (χ0n) is 14.8. The molecule has 0 aliphatic carbocycles. The molecule has 1 aliphatic heterocycles. The average molecular weight is 355 g/mol. The lowest BCUT2D eigenvalue weighted by Gasteiger charge is -2.24. The molecule has 3 rings (SSSR count). The third kappa shape index (κ3) is 3.77. The van der Waals surface area contributed by atoms with Crippen molar-refractivity contribution in [3.63, 3.8) is 0 Å². The molecule has 0 bridgehead atoms. The lowest BCUT2D eigenvalue weighted by molar-refractivity contribution is -0.139. The van der Waals surface area contributed by atoms with Crippen molar-refractivity contribution in [1.82, 2.24) is 15.1 Å². The number of carbonyl (C=O) groups is 3. The molecule has 26 heavy (non-hydrogen) atoms. The van der Waals surface area contributed by atoms with Crippen molar-refractivity contribution in [3.8, 4) is 0 Å². The Hall–Kier alpha value is -3.09. The first-order valence-corrected chi connectivity index (χ1v) is 8.35. The minimum atomic E-state index is -0.997. The highest BCUT2D eigenvalue weighted by atomic mass is 16.3. The van der Waals surface area contributed by atoms with Crippen LogP contribution in [0.1, 0.15) is 25.2 Å². The van der Waals surface area contributed by atoms with E-state index < -0.39 is 17.5 Å². The quantitative estimate of drug-likeness (QED) is 0.805. The van der Waals surface area contributed by atoms with Gasteiger partial charge in [0.05, 0.1) is 12.8 Å². The van der Waals surface area contributed by atoms with E-state index in [2.05, 4.69) is 5.32 Å². The van der Waals surface area contributed by atoms with E-state index in [1.54, 1.807) is 37.1 Å². The van der Waals surface area contributed by atoms with Gasteiger partial charge in [0.2, 0.25) is 5.91 Å². The zero-order chi connectivity index (χ0) is 18.7. The predicted molar refractivity (Wildman–Crippen MR) is 93.7 cm³/mol. The van der Waals surface area contributed by atoms with Gasteiger partial charge >= 0.3 is 6.03 Å². The van der Waals surface area contributed by atoms with Crippen LogP contribution in [0.3, 0.4) is 0 Å². The Morgan fingerprint density at radius 2 is 1.85 bits per heavy atom. The fourth-order valence-corrected chi connectivity index (χ4v) is 2.82. The second-order valence-corrected chi connectivity index (χ2v) is 6.76. The monoisotopic (exact) mass is 355 g/mol. The van der Waals surface area contributed by atoms with Gasteiger partial charge in [0, 0.05) is 6.54 Å². The molecule has 7 nitrogen and oxygen atoms in total. The normalized spacial score (nSPS) is 15.8. The van der Waals surface area contributed by atoms with Crippen LogP contribution >= 0.6 is 0 Å². The van der Waals surface area contributed by atoms with Crippen LogP contribution < -0.4 is 5.32 Å². The van der Waals surface area contributed by atoms with Crippen molar-refractivity contribution in [1.29, 1.82) is 0 Å². The van der Waals surface area contributed by atoms with Crippen molar-refractivity contribution in [3.05, 3.63) is 60.1 Å². The van der Waals surface area contributed by atoms with E-state index in [4.69, 9.17) is 4.42 Å². The maximum Gasteiger partial charge on any atom is 0.325 e. The number of nitrogens with zero attached hydrogens (tertiary/aromatic N) is 2. The van der Waals surface area contributed by atoms with E-state index in [0.717, 1.165) is 10.5 Å². The van der Waals surface area contributed by atoms with Gasteiger partial charge in [-0.3, -0.25) is 14.5 Å². The summed E-state index contributed by atoms with van der Waals surface area (Å²) in [6.45, 7) is 3.54. The Kier molecular flexibility index (Phi) is 4.79. The minimum Gasteiger partial charge on any atom is -0.467 e. The molecule has 0 radical (unpaired) electrons. The van der Waals surface area contributed by atoms with E-state index >= 15 is 0 Å². The number of nitrogens with one attached hydrogen (secondary N) is 1. The standard InChI is InChI=1S/C19H21N3O4/c1-19(2)17(24)22(18(25)20-19)13-16(23)21(12-15-9-6-10-26-15)11-14-7-4-3-5-8-14/h3-10H,11-13H2,1-2H3,(H,20,25). The third-order valence-electron chi connectivity index (χ3n) is 4.23. The summed E-state index contributed by atoms with van der Waals surface area (Å²) < 4.78 is 5.34. The molecule has 1 saturated heterocycles. The van der Waals surface area contributed by atoms with Crippen LogP contribution in [0.25, 0.3) is 0 Å². The number of carbonyl (C=O) groups excluding carboxylic acids is 3. The maximum atomic E-state index is 12.8. The van der Waals surface area contributed by atoms with Crippen molar-refractivity contribution in [2.75, 3.05) is 6.54 Å². The summed E-state index contributed by atoms with van der Waals surface area (Å²) in [6.07, 6.45) is 1.54. The SMILES string of the molecule is CC1(C)NC(=O)N(CC(=O)N(Cc2ccccc2)Cc2ccco2)C1=O. The predicted octanol–water partition coefficient (Wildman–Crippen LogP) is 2.14. The Balaban J connectivity index is 1.76. The molecule has 0 saturated carbocycles. The molecule has 0 atom stereocenters. The van der Waals surface area contributed by atoms with Gasteiger partial charge < -0.3 is 14.6 Å². The molecule has 1 aliphatic rings. The molecule has 1 aromatic carbocycles. The van der Waals surface area contributed by atoms with E-state index in [9.17, 15) is 14.4 Å². The number of hydrogen-bond acceptors (Lipinski definition) is 4. The fourth-order valence-electron chi connectivity index (χ4n) is 2.82. The molecule has 0 spiro atoms. The van der Waals surface area contributed by atoms with Gasteiger partial charge in [-0.05, 0) is 31.5 Å². The van der Waals surface area contributed by atoms with Crippen LogP contribution in [0, 0.1) is 0 Å². The first-order valence-electron chi connectivity index (χ1n) is 8.35. The lowest BCUT2D eigenvalue weighted by atomic mass is 10.1. The lowest BCUT2D eigenvalue weighted by Crippen LogP contribution is -2.44. The van der Waals surface area contributed by atoms with E-state index in [1.165, 1.54) is 0 Å². The Labute approximate surface area is 151 Å². The summed E-state index contributed by atoms with van der Waals surface area (Å²) in [5.74, 6) is -0.105. The number of amides is 4. The van der Waals surface area contributed by atoms with Crippen LogP contribution in [0.15, 0.2) is 53.1 Å². The van der Waals surface area contributed by atoms with Crippen molar-refractivity contribution in [2.24, 2.45) is 0 Å². The highest BCUT2D eigenvalue weighted by Gasteiger charge is 2.45. The smallest absolute Gasteiger partial charge is 0.325 e. The number of benzene rings is 1. The highest BCUT2D eigenvalue weighted by Crippen LogP contribution is 2.18. The van der Waals surface area contributed by atoms with Gasteiger partial charge in [0.15, 0.2) is 0 Å². The molecule has 4 amide bonds. The van der Waals surface area contributed by atoms with Gasteiger partial charge in [0.1, 0.15) is 17.8 Å². The third-order valence-corrected chi connectivity index (χ3v) is 4.23. The van der Waals surface area contributed by atoms with Crippen LogP contribution in [-0.2, 0) is 22.7 Å². The van der Waals surface area contributed by atoms with E-state index in [0.29, 0.717) is 12.3 Å². The second kappa shape index (κ2) is 7.03. The largest absolute Gasteiger partial charge is 0.467 e. The van der Waals surface area contributed by atoms with Crippen LogP contribution in [0.2, 0.25) is 0 Å². The summed E-state index contributed by atoms with van der Waals surface area (Å²) in [5.41, 5.74) is -0.0484. The second-order valence-electron chi connectivity index (χ2n) is 6.76. The topological polar surface area (TPSA) is 82.9 Å². The Bertz CT molecular complexity index is 799. The van der Waals surface area contributed by atoms with E-state index in [-0.39, 0.29) is 19.0 Å². The Morgan fingerprint density at radius 3 is 2.42 bits per heavy atom. The van der Waals surface area contributed by atoms with E-state index in [1.807, 2.05) is 30.3 Å². The van der Waals surface area contributed by atoms with Crippen LogP contribution in [0.4, 0.5) is 4.79 Å². The van der Waals surface area contributed by atoms with Crippen molar-refractivity contribution in [2.45, 2.75) is 32.5 Å². The molecule has 1 fully saturated rings. The summed E-state index contributed by atoms with van der Waals surface area (Å²) in [7, 11) is 0. The molecular formula is C19H21N3O4.